The first-order chi connectivity index (χ1) is 9.11. The summed E-state index contributed by atoms with van der Waals surface area (Å²) in [6.45, 7) is 0. The number of rotatable bonds is 3. The summed E-state index contributed by atoms with van der Waals surface area (Å²) in [5.41, 5.74) is 3.87. The highest BCUT2D eigenvalue weighted by atomic mass is 19.1. The smallest absolute Gasteiger partial charge is 0.276 e. The zero-order valence-electron chi connectivity index (χ0n) is 10.3. The number of nitrogens with one attached hydrogen (secondary N) is 1. The van der Waals surface area contributed by atoms with Crippen LogP contribution in [0.1, 0.15) is 10.5 Å². The van der Waals surface area contributed by atoms with Gasteiger partial charge in [0.25, 0.3) is 5.91 Å². The van der Waals surface area contributed by atoms with Crippen LogP contribution in [0.3, 0.4) is 0 Å². The molecule has 0 spiro atoms. The minimum Gasteiger partial charge on any atom is -0.324 e. The van der Waals surface area contributed by atoms with Crippen molar-refractivity contribution in [1.29, 1.82) is 0 Å². The van der Waals surface area contributed by atoms with E-state index in [0.717, 1.165) is 0 Å². The summed E-state index contributed by atoms with van der Waals surface area (Å²) in [5.74, 6) is 4.63. The van der Waals surface area contributed by atoms with E-state index < -0.39 is 0 Å². The Bertz CT molecular complexity index is 585. The van der Waals surface area contributed by atoms with Crippen molar-refractivity contribution in [2.45, 2.75) is 0 Å². The molecular formula is C13H13FN4O. The Morgan fingerprint density at radius 2 is 2.00 bits per heavy atom. The minimum atomic E-state index is -0.350. The third-order valence-electron chi connectivity index (χ3n) is 2.66. The number of halogens is 1. The van der Waals surface area contributed by atoms with Crippen LogP contribution >= 0.6 is 0 Å². The first kappa shape index (κ1) is 13.0. The first-order valence-electron chi connectivity index (χ1n) is 5.58. The van der Waals surface area contributed by atoms with Crippen LogP contribution in [0.2, 0.25) is 0 Å². The Labute approximate surface area is 109 Å². The molecule has 0 fully saturated rings. The van der Waals surface area contributed by atoms with Gasteiger partial charge in [0.2, 0.25) is 0 Å². The Morgan fingerprint density at radius 1 is 1.32 bits per heavy atom. The average molecular weight is 260 g/mol. The fourth-order valence-electron chi connectivity index (χ4n) is 1.59. The van der Waals surface area contributed by atoms with Gasteiger partial charge in [-0.2, -0.15) is 0 Å². The Kier molecular flexibility index (Phi) is 3.72. The van der Waals surface area contributed by atoms with Gasteiger partial charge in [0.1, 0.15) is 11.5 Å². The van der Waals surface area contributed by atoms with E-state index in [0.29, 0.717) is 11.4 Å². The summed E-state index contributed by atoms with van der Waals surface area (Å²) in [6.07, 6.45) is 1.49. The molecule has 0 aliphatic heterocycles. The molecule has 0 saturated heterocycles. The van der Waals surface area contributed by atoms with Crippen LogP contribution < -0.4 is 16.2 Å². The number of pyridine rings is 1. The molecule has 3 N–H and O–H groups in total. The van der Waals surface area contributed by atoms with Crippen LogP contribution in [0.4, 0.5) is 15.8 Å². The van der Waals surface area contributed by atoms with Crippen LogP contribution in [0.15, 0.2) is 42.6 Å². The Balaban J connectivity index is 2.25. The number of anilines is 2. The van der Waals surface area contributed by atoms with Gasteiger partial charge in [-0.05, 0) is 36.4 Å². The van der Waals surface area contributed by atoms with Crippen molar-refractivity contribution in [3.8, 4) is 0 Å². The molecule has 0 radical (unpaired) electrons. The summed E-state index contributed by atoms with van der Waals surface area (Å²) in [6, 6.07) is 8.84. The number of hydrazine groups is 1. The molecule has 1 aromatic carbocycles. The first-order valence-corrected chi connectivity index (χ1v) is 5.58. The van der Waals surface area contributed by atoms with Gasteiger partial charge in [-0.25, -0.2) is 4.39 Å². The topological polar surface area (TPSA) is 71.2 Å². The summed E-state index contributed by atoms with van der Waals surface area (Å²) >= 11 is 0. The van der Waals surface area contributed by atoms with Gasteiger partial charge in [-0.3, -0.25) is 15.6 Å². The van der Waals surface area contributed by atoms with Crippen molar-refractivity contribution in [2.75, 3.05) is 17.4 Å². The Morgan fingerprint density at radius 3 is 2.63 bits per heavy atom. The number of nitrogens with zero attached hydrogens (tertiary/aromatic N) is 2. The van der Waals surface area contributed by atoms with Crippen molar-refractivity contribution in [1.82, 2.24) is 4.98 Å². The van der Waals surface area contributed by atoms with Crippen molar-refractivity contribution < 1.29 is 9.18 Å². The number of nitrogens with two attached hydrogens (primary N) is 1. The lowest BCUT2D eigenvalue weighted by Gasteiger charge is -2.17. The number of hydrogen-bond donors (Lipinski definition) is 2. The van der Waals surface area contributed by atoms with Gasteiger partial charge in [-0.1, -0.05) is 0 Å². The number of hydrogen-bond acceptors (Lipinski definition) is 4. The molecule has 1 aromatic heterocycles. The van der Waals surface area contributed by atoms with Gasteiger partial charge in [-0.15, -0.1) is 0 Å². The van der Waals surface area contributed by atoms with Crippen molar-refractivity contribution in [3.05, 3.63) is 54.1 Å². The molecule has 5 nitrogen and oxygen atoms in total. The molecule has 19 heavy (non-hydrogen) atoms. The molecule has 0 saturated carbocycles. The zero-order valence-corrected chi connectivity index (χ0v) is 10.3. The van der Waals surface area contributed by atoms with Crippen LogP contribution in [-0.4, -0.2) is 17.9 Å². The third-order valence-corrected chi connectivity index (χ3v) is 2.66. The van der Waals surface area contributed by atoms with Crippen molar-refractivity contribution >= 4 is 17.3 Å². The second-order valence-corrected chi connectivity index (χ2v) is 3.91. The van der Waals surface area contributed by atoms with Gasteiger partial charge >= 0.3 is 0 Å². The van der Waals surface area contributed by atoms with E-state index in [1.165, 1.54) is 35.4 Å². The lowest BCUT2D eigenvalue weighted by molar-refractivity contribution is 0.0988. The third kappa shape index (κ3) is 2.86. The molecule has 6 heteroatoms. The molecule has 0 aliphatic carbocycles. The summed E-state index contributed by atoms with van der Waals surface area (Å²) in [5, 5.41) is 0. The van der Waals surface area contributed by atoms with E-state index in [1.54, 1.807) is 19.2 Å². The molecule has 0 atom stereocenters. The van der Waals surface area contributed by atoms with Gasteiger partial charge in [0.15, 0.2) is 0 Å². The molecule has 1 heterocycles. The monoisotopic (exact) mass is 260 g/mol. The van der Waals surface area contributed by atoms with Gasteiger partial charge in [0.05, 0.1) is 5.69 Å². The van der Waals surface area contributed by atoms with E-state index in [1.807, 2.05) is 0 Å². The van der Waals surface area contributed by atoms with Crippen LogP contribution in [0.5, 0.6) is 0 Å². The second kappa shape index (κ2) is 5.45. The summed E-state index contributed by atoms with van der Waals surface area (Å²) in [4.78, 5) is 17.6. The maximum atomic E-state index is 12.8. The summed E-state index contributed by atoms with van der Waals surface area (Å²) < 4.78 is 12.8. The highest BCUT2D eigenvalue weighted by Gasteiger charge is 2.15. The molecule has 0 unspecified atom stereocenters. The van der Waals surface area contributed by atoms with Crippen LogP contribution in [0.25, 0.3) is 0 Å². The molecule has 98 valence electrons. The van der Waals surface area contributed by atoms with E-state index in [2.05, 4.69) is 10.4 Å². The molecule has 2 rings (SSSR count). The van der Waals surface area contributed by atoms with Crippen LogP contribution in [0, 0.1) is 5.82 Å². The zero-order chi connectivity index (χ0) is 13.8. The maximum Gasteiger partial charge on any atom is 0.276 e. The summed E-state index contributed by atoms with van der Waals surface area (Å²) in [7, 11) is 1.60. The normalized spacial score (nSPS) is 10.1. The quantitative estimate of drug-likeness (QED) is 0.652. The Hall–Kier alpha value is -2.47. The number of nitrogen functional groups attached to an aromatic ring is 1. The van der Waals surface area contributed by atoms with E-state index in [9.17, 15) is 9.18 Å². The SMILES string of the molecule is CN(C(=O)c1cc(NN)ccn1)c1ccc(F)cc1. The van der Waals surface area contributed by atoms with Crippen LogP contribution in [-0.2, 0) is 0 Å². The van der Waals surface area contributed by atoms with E-state index in [4.69, 9.17) is 5.84 Å². The second-order valence-electron chi connectivity index (χ2n) is 3.91. The molecular weight excluding hydrogens is 247 g/mol. The molecule has 0 bridgehead atoms. The highest BCUT2D eigenvalue weighted by Crippen LogP contribution is 2.16. The number of aromatic nitrogens is 1. The van der Waals surface area contributed by atoms with E-state index >= 15 is 0 Å². The lowest BCUT2D eigenvalue weighted by atomic mass is 10.2. The number of carbonyl (C=O) groups is 1. The predicted octanol–water partition coefficient (Wildman–Crippen LogP) is 1.78. The lowest BCUT2D eigenvalue weighted by Crippen LogP contribution is -2.27. The fourth-order valence-corrected chi connectivity index (χ4v) is 1.59. The van der Waals surface area contributed by atoms with Gasteiger partial charge < -0.3 is 10.3 Å². The highest BCUT2D eigenvalue weighted by molar-refractivity contribution is 6.04. The molecule has 0 aliphatic rings. The largest absolute Gasteiger partial charge is 0.324 e. The average Bonchev–Trinajstić information content (AvgIpc) is 2.46. The standard InChI is InChI=1S/C13H13FN4O/c1-18(11-4-2-9(14)3-5-11)13(19)12-8-10(17-15)6-7-16-12/h2-8H,15H2,1H3,(H,16,17). The maximum absolute atomic E-state index is 12.8. The van der Waals surface area contributed by atoms with Crippen molar-refractivity contribution in [3.63, 3.8) is 0 Å². The molecule has 2 aromatic rings. The predicted molar refractivity (Wildman–Crippen MR) is 71.2 cm³/mol. The number of benzene rings is 1. The number of amides is 1. The van der Waals surface area contributed by atoms with Crippen molar-refractivity contribution in [2.24, 2.45) is 5.84 Å². The molecule has 1 amide bonds. The van der Waals surface area contributed by atoms with E-state index in [-0.39, 0.29) is 17.4 Å². The fraction of sp³-hybridized carbons (Fsp3) is 0.0769. The minimum absolute atomic E-state index is 0.252. The number of carbonyl (C=O) groups excluding carboxylic acids is 1. The van der Waals surface area contributed by atoms with Gasteiger partial charge in [0, 0.05) is 18.9 Å².